The Morgan fingerprint density at radius 3 is 2.65 bits per heavy atom. The molecule has 20 heavy (non-hydrogen) atoms. The van der Waals surface area contributed by atoms with Gasteiger partial charge in [-0.05, 0) is 34.1 Å². The summed E-state index contributed by atoms with van der Waals surface area (Å²) >= 11 is 14.6. The molecular weight excluding hydrogens is 391 g/mol. The number of furan rings is 1. The Balaban J connectivity index is 2.27. The van der Waals surface area contributed by atoms with Crippen molar-refractivity contribution in [2.75, 3.05) is 7.05 Å². The van der Waals surface area contributed by atoms with Gasteiger partial charge in [-0.1, -0.05) is 23.2 Å². The van der Waals surface area contributed by atoms with Gasteiger partial charge in [0.25, 0.3) is 0 Å². The molecule has 108 valence electrons. The molecule has 0 aliphatic heterocycles. The van der Waals surface area contributed by atoms with Gasteiger partial charge in [0, 0.05) is 13.2 Å². The van der Waals surface area contributed by atoms with Crippen LogP contribution in [0.15, 0.2) is 38.4 Å². The standard InChI is InChI=1S/C11H9BrCl2N2O3S/c1-16(6-7-2-3-10(12)19-7)20(17,18)8-4-9(13)11(14)15-5-8/h2-5H,6H2,1H3. The third-order valence-electron chi connectivity index (χ3n) is 2.49. The van der Waals surface area contributed by atoms with Gasteiger partial charge in [0.15, 0.2) is 4.67 Å². The zero-order valence-corrected chi connectivity index (χ0v) is 14.1. The molecule has 2 aromatic rings. The van der Waals surface area contributed by atoms with E-state index in [1.807, 2.05) is 0 Å². The monoisotopic (exact) mass is 398 g/mol. The Bertz CT molecular complexity index is 733. The Morgan fingerprint density at radius 2 is 2.10 bits per heavy atom. The Hall–Kier alpha value is -0.600. The third kappa shape index (κ3) is 3.35. The molecule has 9 heteroatoms. The van der Waals surface area contributed by atoms with Crippen LogP contribution in [0.25, 0.3) is 0 Å². The fraction of sp³-hybridized carbons (Fsp3) is 0.182. The van der Waals surface area contributed by atoms with E-state index < -0.39 is 10.0 Å². The molecule has 0 atom stereocenters. The van der Waals surface area contributed by atoms with Crippen LogP contribution in [0.1, 0.15) is 5.76 Å². The van der Waals surface area contributed by atoms with Crippen molar-refractivity contribution in [2.24, 2.45) is 0 Å². The molecule has 0 unspecified atom stereocenters. The van der Waals surface area contributed by atoms with Crippen molar-refractivity contribution in [3.8, 4) is 0 Å². The number of sulfonamides is 1. The zero-order chi connectivity index (χ0) is 14.9. The van der Waals surface area contributed by atoms with E-state index >= 15 is 0 Å². The number of aromatic nitrogens is 1. The molecule has 0 amide bonds. The molecule has 0 saturated heterocycles. The number of hydrogen-bond acceptors (Lipinski definition) is 4. The second-order valence-electron chi connectivity index (χ2n) is 3.91. The first-order valence-electron chi connectivity index (χ1n) is 5.32. The zero-order valence-electron chi connectivity index (χ0n) is 10.2. The summed E-state index contributed by atoms with van der Waals surface area (Å²) < 4.78 is 31.6. The second-order valence-corrected chi connectivity index (χ2v) is 7.50. The highest BCUT2D eigenvalue weighted by atomic mass is 79.9. The van der Waals surface area contributed by atoms with Crippen LogP contribution in [0.4, 0.5) is 0 Å². The summed E-state index contributed by atoms with van der Waals surface area (Å²) in [5, 5.41) is 0.144. The Labute approximate surface area is 134 Å². The van der Waals surface area contributed by atoms with Crippen LogP contribution >= 0.6 is 39.1 Å². The van der Waals surface area contributed by atoms with Crippen LogP contribution in [0, 0.1) is 0 Å². The summed E-state index contributed by atoms with van der Waals surface area (Å²) in [6.45, 7) is 0.0914. The predicted molar refractivity (Wildman–Crippen MR) is 79.3 cm³/mol. The molecule has 2 rings (SSSR count). The highest BCUT2D eigenvalue weighted by Gasteiger charge is 2.23. The van der Waals surface area contributed by atoms with Gasteiger partial charge in [0.1, 0.15) is 15.8 Å². The smallest absolute Gasteiger partial charge is 0.244 e. The predicted octanol–water partition coefficient (Wildman–Crippen LogP) is 3.56. The Kier molecular flexibility index (Phi) is 4.76. The number of rotatable bonds is 4. The molecule has 2 heterocycles. The molecule has 0 saturated carbocycles. The summed E-state index contributed by atoms with van der Waals surface area (Å²) in [6.07, 6.45) is 1.16. The lowest BCUT2D eigenvalue weighted by Crippen LogP contribution is -2.26. The van der Waals surface area contributed by atoms with Gasteiger partial charge in [-0.15, -0.1) is 0 Å². The van der Waals surface area contributed by atoms with Gasteiger partial charge in [-0.2, -0.15) is 4.31 Å². The van der Waals surface area contributed by atoms with E-state index in [-0.39, 0.29) is 21.6 Å². The van der Waals surface area contributed by atoms with Gasteiger partial charge in [-0.3, -0.25) is 0 Å². The SMILES string of the molecule is CN(Cc1ccc(Br)o1)S(=O)(=O)c1cnc(Cl)c(Cl)c1. The van der Waals surface area contributed by atoms with Gasteiger partial charge in [-0.25, -0.2) is 13.4 Å². The average molecular weight is 400 g/mol. The van der Waals surface area contributed by atoms with Crippen LogP contribution in [0.3, 0.4) is 0 Å². The molecule has 0 radical (unpaired) electrons. The molecule has 0 aliphatic carbocycles. The fourth-order valence-electron chi connectivity index (χ4n) is 1.47. The summed E-state index contributed by atoms with van der Waals surface area (Å²) in [5.41, 5.74) is 0. The van der Waals surface area contributed by atoms with Gasteiger partial charge in [0.2, 0.25) is 10.0 Å². The summed E-state index contributed by atoms with van der Waals surface area (Å²) in [7, 11) is -2.28. The van der Waals surface area contributed by atoms with E-state index in [0.29, 0.717) is 10.4 Å². The molecule has 0 fully saturated rings. The lowest BCUT2D eigenvalue weighted by molar-refractivity contribution is 0.398. The maximum atomic E-state index is 12.3. The van der Waals surface area contributed by atoms with E-state index in [2.05, 4.69) is 20.9 Å². The van der Waals surface area contributed by atoms with Crippen LogP contribution in [0.5, 0.6) is 0 Å². The normalized spacial score (nSPS) is 12.1. The average Bonchev–Trinajstić information content (AvgIpc) is 2.78. The van der Waals surface area contributed by atoms with Crippen LogP contribution < -0.4 is 0 Å². The van der Waals surface area contributed by atoms with E-state index in [0.717, 1.165) is 10.5 Å². The maximum Gasteiger partial charge on any atom is 0.244 e. The molecule has 0 bridgehead atoms. The van der Waals surface area contributed by atoms with E-state index in [4.69, 9.17) is 27.6 Å². The summed E-state index contributed by atoms with van der Waals surface area (Å²) in [4.78, 5) is 3.71. The van der Waals surface area contributed by atoms with Gasteiger partial charge < -0.3 is 4.42 Å². The molecule has 0 N–H and O–H groups in total. The quantitative estimate of drug-likeness (QED) is 0.737. The van der Waals surface area contributed by atoms with Crippen molar-refractivity contribution in [3.63, 3.8) is 0 Å². The topological polar surface area (TPSA) is 63.4 Å². The first-order valence-corrected chi connectivity index (χ1v) is 8.31. The van der Waals surface area contributed by atoms with Crippen molar-refractivity contribution in [3.05, 3.63) is 45.0 Å². The summed E-state index contributed by atoms with van der Waals surface area (Å²) in [5.74, 6) is 0.510. The van der Waals surface area contributed by atoms with Crippen molar-refractivity contribution in [2.45, 2.75) is 11.4 Å². The van der Waals surface area contributed by atoms with Crippen molar-refractivity contribution in [1.82, 2.24) is 9.29 Å². The third-order valence-corrected chi connectivity index (χ3v) is 5.37. The van der Waals surface area contributed by atoms with Gasteiger partial charge in [0.05, 0.1) is 11.6 Å². The summed E-state index contributed by atoms with van der Waals surface area (Å²) in [6, 6.07) is 4.64. The van der Waals surface area contributed by atoms with Gasteiger partial charge >= 0.3 is 0 Å². The lowest BCUT2D eigenvalue weighted by Gasteiger charge is -2.15. The number of hydrogen-bond donors (Lipinski definition) is 0. The first kappa shape index (κ1) is 15.8. The molecule has 0 spiro atoms. The minimum Gasteiger partial charge on any atom is -0.453 e. The van der Waals surface area contributed by atoms with E-state index in [1.165, 1.54) is 13.1 Å². The first-order chi connectivity index (χ1) is 9.30. The van der Waals surface area contributed by atoms with Crippen LogP contribution in [-0.2, 0) is 16.6 Å². The maximum absolute atomic E-state index is 12.3. The number of halogens is 3. The Morgan fingerprint density at radius 1 is 1.40 bits per heavy atom. The van der Waals surface area contributed by atoms with Crippen LogP contribution in [0.2, 0.25) is 10.2 Å². The molecular formula is C11H9BrCl2N2O3S. The minimum atomic E-state index is -3.71. The number of nitrogens with zero attached hydrogens (tertiary/aromatic N) is 2. The molecule has 2 aromatic heterocycles. The molecule has 5 nitrogen and oxygen atoms in total. The van der Waals surface area contributed by atoms with Crippen molar-refractivity contribution in [1.29, 1.82) is 0 Å². The van der Waals surface area contributed by atoms with Crippen molar-refractivity contribution >= 4 is 49.2 Å². The van der Waals surface area contributed by atoms with Crippen LogP contribution in [-0.4, -0.2) is 24.8 Å². The number of pyridine rings is 1. The highest BCUT2D eigenvalue weighted by Crippen LogP contribution is 2.25. The van der Waals surface area contributed by atoms with E-state index in [1.54, 1.807) is 12.1 Å². The second kappa shape index (κ2) is 6.03. The molecule has 0 aromatic carbocycles. The van der Waals surface area contributed by atoms with Crippen molar-refractivity contribution < 1.29 is 12.8 Å². The lowest BCUT2D eigenvalue weighted by atomic mass is 10.4. The fourth-order valence-corrected chi connectivity index (χ4v) is 3.25. The van der Waals surface area contributed by atoms with E-state index in [9.17, 15) is 8.42 Å². The molecule has 0 aliphatic rings. The minimum absolute atomic E-state index is 0.0278. The highest BCUT2D eigenvalue weighted by molar-refractivity contribution is 9.10. The largest absolute Gasteiger partial charge is 0.453 e.